The molecule has 0 heterocycles. The fourth-order valence-electron chi connectivity index (χ4n) is 3.31. The second-order valence-electron chi connectivity index (χ2n) is 8.20. The third kappa shape index (κ3) is 34.4. The molecular formula is C24H55O2SSn2. The maximum Gasteiger partial charge on any atom is -0.0885 e. The second-order valence-corrected chi connectivity index (χ2v) is 25.5. The Kier molecular flexibility index (Phi) is 41.4. The van der Waals surface area contributed by atoms with Crippen LogP contribution in [-0.2, 0) is 20.0 Å². The van der Waals surface area contributed by atoms with Gasteiger partial charge in [-0.15, -0.1) is 0 Å². The van der Waals surface area contributed by atoms with Crippen LogP contribution in [0.3, 0.4) is 0 Å². The van der Waals surface area contributed by atoms with E-state index in [0.717, 1.165) is 0 Å². The minimum absolute atomic E-state index is 0.839. The van der Waals surface area contributed by atoms with Gasteiger partial charge in [-0.1, -0.05) is 11.6 Å². The Labute approximate surface area is 203 Å². The van der Waals surface area contributed by atoms with Crippen molar-refractivity contribution < 1.29 is 8.42 Å². The zero-order valence-corrected chi connectivity index (χ0v) is 27.6. The molecule has 0 bridgehead atoms. The minimum atomic E-state index is -1.08. The van der Waals surface area contributed by atoms with Crippen LogP contribution in [0.5, 0.6) is 0 Å². The fraction of sp³-hybridized carbons (Fsp3) is 1.00. The Balaban J connectivity index is -0.000000410. The van der Waals surface area contributed by atoms with Gasteiger partial charge in [-0.05, 0) is 0 Å². The maximum atomic E-state index is 8.35. The Hall–Kier alpha value is 1.55. The first kappa shape index (κ1) is 35.1. The van der Waals surface area contributed by atoms with Crippen LogP contribution in [0, 0.1) is 0 Å². The summed E-state index contributed by atoms with van der Waals surface area (Å²) in [5.41, 5.74) is 0. The predicted molar refractivity (Wildman–Crippen MR) is 140 cm³/mol. The van der Waals surface area contributed by atoms with E-state index in [0.29, 0.717) is 0 Å². The molecule has 0 amide bonds. The van der Waals surface area contributed by atoms with Gasteiger partial charge < -0.3 is 8.42 Å². The van der Waals surface area contributed by atoms with Crippen LogP contribution in [0.25, 0.3) is 0 Å². The minimum Gasteiger partial charge on any atom is -0.427 e. The van der Waals surface area contributed by atoms with E-state index in [-0.39, 0.29) is 0 Å². The largest absolute Gasteiger partial charge is 0.427 e. The van der Waals surface area contributed by atoms with Gasteiger partial charge in [-0.2, -0.15) is 0 Å². The first-order valence-corrected chi connectivity index (χ1v) is 25.6. The summed E-state index contributed by atoms with van der Waals surface area (Å²) in [5, 5.41) is 0. The first-order chi connectivity index (χ1) is 14.1. The van der Waals surface area contributed by atoms with Crippen molar-refractivity contribution in [1.82, 2.24) is 0 Å². The molecule has 177 valence electrons. The molecule has 0 rings (SSSR count). The van der Waals surface area contributed by atoms with Gasteiger partial charge >= 0.3 is 185 Å². The van der Waals surface area contributed by atoms with E-state index in [1.807, 2.05) is 0 Å². The van der Waals surface area contributed by atoms with Crippen molar-refractivity contribution in [3.8, 4) is 0 Å². The molecule has 0 aromatic heterocycles. The van der Waals surface area contributed by atoms with Gasteiger partial charge in [0.05, 0.1) is 0 Å². The molecule has 0 aliphatic carbocycles. The molecule has 0 aromatic carbocycles. The molecule has 0 spiro atoms. The molecule has 2 nitrogen and oxygen atoms in total. The molecule has 0 saturated carbocycles. The predicted octanol–water partition coefficient (Wildman–Crippen LogP) is 9.26. The summed E-state index contributed by atoms with van der Waals surface area (Å²) >= 11 is -2.76. The van der Waals surface area contributed by atoms with Gasteiger partial charge in [0.1, 0.15) is 0 Å². The van der Waals surface area contributed by atoms with Crippen molar-refractivity contribution in [2.24, 2.45) is 0 Å². The molecule has 0 aromatic rings. The van der Waals surface area contributed by atoms with Crippen molar-refractivity contribution in [3.63, 3.8) is 0 Å². The van der Waals surface area contributed by atoms with Crippen molar-refractivity contribution in [2.45, 2.75) is 145 Å². The van der Waals surface area contributed by atoms with Crippen LogP contribution in [0.15, 0.2) is 0 Å². The Morgan fingerprint density at radius 1 is 0.517 bits per heavy atom. The Morgan fingerprint density at radius 2 is 0.759 bits per heavy atom. The molecule has 29 heavy (non-hydrogen) atoms. The number of hydrogen-bond acceptors (Lipinski definition) is 3. The van der Waals surface area contributed by atoms with Gasteiger partial charge in [-0.3, -0.25) is 0 Å². The van der Waals surface area contributed by atoms with Crippen LogP contribution in [0.2, 0.25) is 26.6 Å². The van der Waals surface area contributed by atoms with E-state index < -0.39 is 51.1 Å². The number of hydrogen-bond donors (Lipinski definition) is 0. The van der Waals surface area contributed by atoms with E-state index in [4.69, 9.17) is 8.42 Å². The molecule has 0 unspecified atom stereocenters. The number of rotatable bonds is 18. The summed E-state index contributed by atoms with van der Waals surface area (Å²) in [6, 6.07) is 0. The SMILES string of the molecule is CCC[CH2][Sn+]([CH2]CCC)[CH2]CCC.CCC[CH2][Sn]([CH2]CCC)[CH2]CCC.O=[SH-]=O. The van der Waals surface area contributed by atoms with Crippen molar-refractivity contribution in [3.05, 3.63) is 0 Å². The van der Waals surface area contributed by atoms with Gasteiger partial charge in [0, 0.05) is 0 Å². The molecular weight excluding hydrogens is 590 g/mol. The maximum absolute atomic E-state index is 8.35. The molecule has 0 saturated heterocycles. The standard InChI is InChI=1S/6C4H9.HO2S.2Sn/c6*1-3-4-2;1-3-2;;/h6*1,3-4H2,2H3;3H;;/q;;;;;;-1;;+1. The molecule has 0 N–H and O–H groups in total. The summed E-state index contributed by atoms with van der Waals surface area (Å²) in [6.07, 6.45) is 17.7. The van der Waals surface area contributed by atoms with Crippen LogP contribution in [0.1, 0.15) is 119 Å². The molecule has 0 fully saturated rings. The molecule has 5 heteroatoms. The van der Waals surface area contributed by atoms with Crippen molar-refractivity contribution >= 4 is 51.1 Å². The third-order valence-electron chi connectivity index (χ3n) is 5.30. The van der Waals surface area contributed by atoms with Gasteiger partial charge in [0.15, 0.2) is 0 Å². The summed E-state index contributed by atoms with van der Waals surface area (Å²) in [7, 11) is 0. The smallest absolute Gasteiger partial charge is 0.0885 e. The van der Waals surface area contributed by atoms with Gasteiger partial charge in [-0.25, -0.2) is 0 Å². The van der Waals surface area contributed by atoms with Crippen LogP contribution in [-0.4, -0.2) is 39.5 Å². The first-order valence-electron chi connectivity index (χ1n) is 12.7. The van der Waals surface area contributed by atoms with Gasteiger partial charge in [0.25, 0.3) is 0 Å². The second kappa shape index (κ2) is 34.2. The van der Waals surface area contributed by atoms with Crippen LogP contribution >= 0.6 is 0 Å². The molecule has 0 aliphatic heterocycles. The molecule has 1 radical (unpaired) electrons. The zero-order valence-electron chi connectivity index (χ0n) is 21.0. The Bertz CT molecular complexity index is 249. The topological polar surface area (TPSA) is 34.1 Å². The summed E-state index contributed by atoms with van der Waals surface area (Å²) in [6.45, 7) is 14.0. The summed E-state index contributed by atoms with van der Waals surface area (Å²) < 4.78 is 26.8. The summed E-state index contributed by atoms with van der Waals surface area (Å²) in [4.78, 5) is 0. The van der Waals surface area contributed by atoms with E-state index >= 15 is 0 Å². The third-order valence-corrected chi connectivity index (χ3v) is 23.5. The van der Waals surface area contributed by atoms with Crippen LogP contribution in [0.4, 0.5) is 0 Å². The molecule has 0 aliphatic rings. The van der Waals surface area contributed by atoms with E-state index in [1.165, 1.54) is 77.0 Å². The van der Waals surface area contributed by atoms with Crippen LogP contribution < -0.4 is 0 Å². The average Bonchev–Trinajstić information content (AvgIpc) is 2.73. The fourth-order valence-corrected chi connectivity index (χ4v) is 22.2. The normalized spacial score (nSPS) is 10.2. The monoisotopic (exact) mass is 647 g/mol. The van der Waals surface area contributed by atoms with E-state index in [9.17, 15) is 0 Å². The number of unbranched alkanes of at least 4 members (excludes halogenated alkanes) is 6. The summed E-state index contributed by atoms with van der Waals surface area (Å²) in [5.74, 6) is 0. The van der Waals surface area contributed by atoms with Crippen molar-refractivity contribution in [1.29, 1.82) is 0 Å². The van der Waals surface area contributed by atoms with Gasteiger partial charge in [0.2, 0.25) is 0 Å². The number of thiol groups is 1. The van der Waals surface area contributed by atoms with E-state index in [2.05, 4.69) is 41.5 Å². The Morgan fingerprint density at radius 3 is 0.966 bits per heavy atom. The van der Waals surface area contributed by atoms with E-state index in [1.54, 1.807) is 26.6 Å². The average molecular weight is 645 g/mol. The quantitative estimate of drug-likeness (QED) is 0.0847. The van der Waals surface area contributed by atoms with Crippen molar-refractivity contribution in [2.75, 3.05) is 0 Å². The zero-order chi connectivity index (χ0) is 22.6. The molecule has 0 atom stereocenters.